The molecule has 2 fully saturated rings. The number of thioether (sulfide) groups is 2. The molecule has 3 unspecified atom stereocenters. The van der Waals surface area contributed by atoms with Crippen molar-refractivity contribution in [1.29, 1.82) is 0 Å². The van der Waals surface area contributed by atoms with E-state index in [9.17, 15) is 0 Å². The summed E-state index contributed by atoms with van der Waals surface area (Å²) in [4.78, 5) is 0. The first-order valence-corrected chi connectivity index (χ1v) is 7.33. The minimum atomic E-state index is 0.785. The molecule has 0 aromatic heterocycles. The fraction of sp³-hybridized carbons (Fsp3) is 1.00. The van der Waals surface area contributed by atoms with E-state index in [-0.39, 0.29) is 0 Å². The zero-order valence-corrected chi connectivity index (χ0v) is 10.1. The van der Waals surface area contributed by atoms with Crippen molar-refractivity contribution >= 4 is 23.5 Å². The molecule has 0 bridgehead atoms. The van der Waals surface area contributed by atoms with Crippen molar-refractivity contribution in [3.8, 4) is 0 Å². The van der Waals surface area contributed by atoms with Gasteiger partial charge in [-0.15, -0.1) is 0 Å². The van der Waals surface area contributed by atoms with Crippen molar-refractivity contribution in [3.63, 3.8) is 0 Å². The monoisotopic (exact) mass is 217 g/mol. The lowest BCUT2D eigenvalue weighted by Gasteiger charge is -2.34. The molecule has 0 aromatic rings. The van der Waals surface area contributed by atoms with Gasteiger partial charge in [0.15, 0.2) is 0 Å². The molecule has 1 N–H and O–H groups in total. The second-order valence-corrected chi connectivity index (χ2v) is 6.83. The quantitative estimate of drug-likeness (QED) is 0.778. The predicted molar refractivity (Wildman–Crippen MR) is 63.7 cm³/mol. The summed E-state index contributed by atoms with van der Waals surface area (Å²) >= 11 is 4.34. The summed E-state index contributed by atoms with van der Waals surface area (Å²) in [5.41, 5.74) is 0. The highest BCUT2D eigenvalue weighted by atomic mass is 32.2. The molecule has 1 heterocycles. The molecule has 0 spiro atoms. The molecule has 2 aliphatic rings. The van der Waals surface area contributed by atoms with E-state index in [0.717, 1.165) is 22.5 Å². The van der Waals surface area contributed by atoms with Crippen LogP contribution in [0, 0.1) is 5.92 Å². The third-order valence-corrected chi connectivity index (χ3v) is 6.27. The van der Waals surface area contributed by atoms with Gasteiger partial charge in [-0.2, -0.15) is 23.5 Å². The molecule has 1 aliphatic heterocycles. The molecule has 13 heavy (non-hydrogen) atoms. The van der Waals surface area contributed by atoms with Crippen molar-refractivity contribution in [2.75, 3.05) is 18.6 Å². The molecule has 1 aliphatic carbocycles. The van der Waals surface area contributed by atoms with Crippen LogP contribution < -0.4 is 5.32 Å². The van der Waals surface area contributed by atoms with Crippen molar-refractivity contribution < 1.29 is 0 Å². The van der Waals surface area contributed by atoms with Crippen LogP contribution in [0.1, 0.15) is 19.8 Å². The van der Waals surface area contributed by atoms with Gasteiger partial charge in [0, 0.05) is 28.0 Å². The van der Waals surface area contributed by atoms with Crippen LogP contribution in [-0.2, 0) is 0 Å². The van der Waals surface area contributed by atoms with Crippen LogP contribution in [-0.4, -0.2) is 35.1 Å². The van der Waals surface area contributed by atoms with Gasteiger partial charge in [-0.05, 0) is 25.8 Å². The summed E-state index contributed by atoms with van der Waals surface area (Å²) in [6, 6.07) is 0.785. The highest BCUT2D eigenvalue weighted by Crippen LogP contribution is 2.42. The Hall–Kier alpha value is 0.660. The maximum atomic E-state index is 3.53. The predicted octanol–water partition coefficient (Wildman–Crippen LogP) is 2.22. The number of rotatable bonds is 3. The first kappa shape index (κ1) is 10.2. The van der Waals surface area contributed by atoms with Crippen LogP contribution >= 0.6 is 23.5 Å². The molecule has 3 atom stereocenters. The average Bonchev–Trinajstić information content (AvgIpc) is 2.93. The van der Waals surface area contributed by atoms with Crippen LogP contribution in [0.2, 0.25) is 0 Å². The molecule has 3 heteroatoms. The Kier molecular flexibility index (Phi) is 3.49. The highest BCUT2D eigenvalue weighted by Gasteiger charge is 2.39. The van der Waals surface area contributed by atoms with Gasteiger partial charge in [-0.25, -0.2) is 0 Å². The number of nitrogens with one attached hydrogen (secondary N) is 1. The Morgan fingerprint density at radius 2 is 1.92 bits per heavy atom. The van der Waals surface area contributed by atoms with E-state index in [1.807, 2.05) is 0 Å². The van der Waals surface area contributed by atoms with Gasteiger partial charge >= 0.3 is 0 Å². The molecule has 0 aromatic carbocycles. The van der Waals surface area contributed by atoms with Gasteiger partial charge in [-0.3, -0.25) is 0 Å². The summed E-state index contributed by atoms with van der Waals surface area (Å²) < 4.78 is 0. The number of hydrogen-bond donors (Lipinski definition) is 1. The number of hydrogen-bond acceptors (Lipinski definition) is 3. The Morgan fingerprint density at radius 3 is 2.46 bits per heavy atom. The molecule has 2 rings (SSSR count). The second kappa shape index (κ2) is 4.45. The van der Waals surface area contributed by atoms with E-state index in [4.69, 9.17) is 0 Å². The zero-order valence-electron chi connectivity index (χ0n) is 8.45. The Morgan fingerprint density at radius 1 is 1.23 bits per heavy atom. The van der Waals surface area contributed by atoms with Crippen molar-refractivity contribution in [2.24, 2.45) is 5.92 Å². The zero-order chi connectivity index (χ0) is 9.26. The van der Waals surface area contributed by atoms with Crippen LogP contribution in [0.15, 0.2) is 0 Å². The van der Waals surface area contributed by atoms with Crippen LogP contribution in [0.5, 0.6) is 0 Å². The summed E-state index contributed by atoms with van der Waals surface area (Å²) in [6.45, 7) is 2.40. The Balaban J connectivity index is 1.94. The van der Waals surface area contributed by atoms with Crippen LogP contribution in [0.25, 0.3) is 0 Å². The fourth-order valence-electron chi connectivity index (χ4n) is 2.17. The second-order valence-electron chi connectivity index (χ2n) is 4.06. The topological polar surface area (TPSA) is 12.0 Å². The highest BCUT2D eigenvalue weighted by molar-refractivity contribution is 8.07. The van der Waals surface area contributed by atoms with Gasteiger partial charge in [-0.1, -0.05) is 6.92 Å². The summed E-state index contributed by atoms with van der Waals surface area (Å²) in [5, 5.41) is 5.23. The fourth-order valence-corrected chi connectivity index (χ4v) is 5.25. The standard InChI is InChI=1S/C10H19NS2/c1-7-10(13-6-5-12-7)9(11-2)8-3-4-8/h7-11H,3-6H2,1-2H3. The van der Waals surface area contributed by atoms with Crippen LogP contribution in [0.3, 0.4) is 0 Å². The van der Waals surface area contributed by atoms with E-state index in [0.29, 0.717) is 0 Å². The van der Waals surface area contributed by atoms with E-state index in [2.05, 4.69) is 42.8 Å². The van der Waals surface area contributed by atoms with E-state index in [1.54, 1.807) is 0 Å². The molecule has 1 nitrogen and oxygen atoms in total. The maximum absolute atomic E-state index is 3.53. The van der Waals surface area contributed by atoms with E-state index < -0.39 is 0 Å². The Bertz CT molecular complexity index is 170. The van der Waals surface area contributed by atoms with Gasteiger partial charge in [0.1, 0.15) is 0 Å². The van der Waals surface area contributed by atoms with Crippen molar-refractivity contribution in [2.45, 2.75) is 36.3 Å². The van der Waals surface area contributed by atoms with Gasteiger partial charge < -0.3 is 5.32 Å². The minimum absolute atomic E-state index is 0.785. The van der Waals surface area contributed by atoms with Crippen molar-refractivity contribution in [3.05, 3.63) is 0 Å². The SMILES string of the molecule is CNC(C1CC1)C1SCCSC1C. The third-order valence-electron chi connectivity index (χ3n) is 3.05. The molecule has 1 saturated heterocycles. The smallest absolute Gasteiger partial charge is 0.0320 e. The summed E-state index contributed by atoms with van der Waals surface area (Å²) in [5.74, 6) is 3.69. The molecular weight excluding hydrogens is 198 g/mol. The molecular formula is C10H19NS2. The Labute approximate surface area is 89.8 Å². The van der Waals surface area contributed by atoms with Crippen molar-refractivity contribution in [1.82, 2.24) is 5.32 Å². The van der Waals surface area contributed by atoms with Gasteiger partial charge in [0.25, 0.3) is 0 Å². The van der Waals surface area contributed by atoms with E-state index >= 15 is 0 Å². The largest absolute Gasteiger partial charge is 0.316 e. The lowest BCUT2D eigenvalue weighted by molar-refractivity contribution is 0.480. The maximum Gasteiger partial charge on any atom is 0.0320 e. The summed E-state index contributed by atoms with van der Waals surface area (Å²) in [7, 11) is 2.13. The first-order chi connectivity index (χ1) is 6.33. The molecule has 76 valence electrons. The lowest BCUT2D eigenvalue weighted by Crippen LogP contribution is -2.44. The van der Waals surface area contributed by atoms with Gasteiger partial charge in [0.05, 0.1) is 0 Å². The average molecular weight is 217 g/mol. The molecule has 1 saturated carbocycles. The normalized spacial score (nSPS) is 37.4. The van der Waals surface area contributed by atoms with Gasteiger partial charge in [0.2, 0.25) is 0 Å². The molecule has 0 amide bonds. The minimum Gasteiger partial charge on any atom is -0.316 e. The third kappa shape index (κ3) is 2.37. The molecule has 0 radical (unpaired) electrons. The van der Waals surface area contributed by atoms with Crippen LogP contribution in [0.4, 0.5) is 0 Å². The summed E-state index contributed by atoms with van der Waals surface area (Å²) in [6.07, 6.45) is 2.92. The van der Waals surface area contributed by atoms with E-state index in [1.165, 1.54) is 24.3 Å². The lowest BCUT2D eigenvalue weighted by atomic mass is 10.1. The first-order valence-electron chi connectivity index (χ1n) is 5.23.